The number of aromatic nitrogens is 1. The second-order valence-corrected chi connectivity index (χ2v) is 6.15. The number of amides is 1. The van der Waals surface area contributed by atoms with Gasteiger partial charge in [0.15, 0.2) is 0 Å². The second-order valence-electron chi connectivity index (χ2n) is 6.15. The summed E-state index contributed by atoms with van der Waals surface area (Å²) in [6.07, 6.45) is 0.721. The number of hydrogen-bond acceptors (Lipinski definition) is 3. The van der Waals surface area contributed by atoms with Gasteiger partial charge in [0.25, 0.3) is 5.91 Å². The molecular formula is C21H22N2O2. The van der Waals surface area contributed by atoms with Crippen LogP contribution in [0.1, 0.15) is 27.2 Å². The van der Waals surface area contributed by atoms with Crippen LogP contribution < -0.4 is 10.1 Å². The van der Waals surface area contributed by atoms with Crippen LogP contribution in [0.4, 0.5) is 0 Å². The third kappa shape index (κ3) is 3.79. The summed E-state index contributed by atoms with van der Waals surface area (Å²) in [4.78, 5) is 17.1. The van der Waals surface area contributed by atoms with Crippen molar-refractivity contribution in [3.63, 3.8) is 0 Å². The van der Waals surface area contributed by atoms with E-state index in [-0.39, 0.29) is 5.91 Å². The number of aryl methyl sites for hydroxylation is 2. The smallest absolute Gasteiger partial charge is 0.252 e. The number of carbonyl (C=O) groups excluding carboxylic acids is 1. The molecule has 128 valence electrons. The Labute approximate surface area is 147 Å². The molecule has 0 atom stereocenters. The van der Waals surface area contributed by atoms with Crippen LogP contribution in [-0.2, 0) is 6.42 Å². The molecule has 25 heavy (non-hydrogen) atoms. The number of methoxy groups -OCH3 is 1. The summed E-state index contributed by atoms with van der Waals surface area (Å²) in [5.74, 6) is 0.776. The molecule has 0 radical (unpaired) electrons. The normalized spacial score (nSPS) is 10.7. The molecule has 0 aliphatic heterocycles. The molecule has 4 nitrogen and oxygen atoms in total. The maximum atomic E-state index is 12.7. The van der Waals surface area contributed by atoms with Gasteiger partial charge in [0, 0.05) is 17.6 Å². The van der Waals surface area contributed by atoms with Crippen molar-refractivity contribution in [2.75, 3.05) is 13.7 Å². The molecular weight excluding hydrogens is 312 g/mol. The molecule has 0 aliphatic carbocycles. The number of rotatable bonds is 5. The lowest BCUT2D eigenvalue weighted by Crippen LogP contribution is -2.26. The Bertz CT molecular complexity index is 919. The first-order valence-corrected chi connectivity index (χ1v) is 8.36. The molecule has 0 bridgehead atoms. The summed E-state index contributed by atoms with van der Waals surface area (Å²) >= 11 is 0. The number of hydrogen-bond donors (Lipinski definition) is 1. The maximum Gasteiger partial charge on any atom is 0.252 e. The predicted octanol–water partition coefficient (Wildman–Crippen LogP) is 3.83. The van der Waals surface area contributed by atoms with Crippen LogP contribution in [0.3, 0.4) is 0 Å². The fourth-order valence-corrected chi connectivity index (χ4v) is 3.00. The van der Waals surface area contributed by atoms with Crippen molar-refractivity contribution in [1.82, 2.24) is 10.3 Å². The van der Waals surface area contributed by atoms with Gasteiger partial charge in [-0.2, -0.15) is 0 Å². The molecule has 1 aromatic heterocycles. The number of fused-ring (bicyclic) bond motifs is 1. The largest absolute Gasteiger partial charge is 0.496 e. The Morgan fingerprint density at radius 2 is 1.92 bits per heavy atom. The van der Waals surface area contributed by atoms with Gasteiger partial charge < -0.3 is 10.1 Å². The Balaban J connectivity index is 1.75. The minimum absolute atomic E-state index is 0.0756. The molecule has 1 amide bonds. The number of para-hydroxylation sites is 1. The van der Waals surface area contributed by atoms with E-state index >= 15 is 0 Å². The van der Waals surface area contributed by atoms with E-state index in [0.717, 1.165) is 34.3 Å². The molecule has 4 heteroatoms. The van der Waals surface area contributed by atoms with E-state index in [2.05, 4.69) is 16.4 Å². The van der Waals surface area contributed by atoms with Crippen molar-refractivity contribution < 1.29 is 9.53 Å². The number of ether oxygens (including phenoxy) is 1. The summed E-state index contributed by atoms with van der Waals surface area (Å²) in [6, 6.07) is 15.6. The first-order valence-electron chi connectivity index (χ1n) is 8.36. The Morgan fingerprint density at radius 1 is 1.12 bits per heavy atom. The lowest BCUT2D eigenvalue weighted by molar-refractivity contribution is 0.0955. The van der Waals surface area contributed by atoms with Gasteiger partial charge in [-0.3, -0.25) is 9.78 Å². The van der Waals surface area contributed by atoms with Crippen molar-refractivity contribution in [3.05, 3.63) is 70.9 Å². The second kappa shape index (κ2) is 7.34. The van der Waals surface area contributed by atoms with Crippen molar-refractivity contribution >= 4 is 16.8 Å². The van der Waals surface area contributed by atoms with E-state index in [1.54, 1.807) is 7.11 Å². The number of benzene rings is 2. The number of pyridine rings is 1. The van der Waals surface area contributed by atoms with Crippen LogP contribution in [0, 0.1) is 13.8 Å². The molecule has 0 unspecified atom stereocenters. The van der Waals surface area contributed by atoms with Gasteiger partial charge in [-0.15, -0.1) is 0 Å². The standard InChI is InChI=1S/C21H22N2O2/c1-14-8-9-20(25-3)16(12-14)10-11-22-21(24)18-13-15(2)23-19-7-5-4-6-17(18)19/h4-9,12-13H,10-11H2,1-3H3,(H,22,24). The minimum Gasteiger partial charge on any atom is -0.496 e. The van der Waals surface area contributed by atoms with Crippen molar-refractivity contribution in [1.29, 1.82) is 0 Å². The molecule has 0 aliphatic rings. The Kier molecular flexibility index (Phi) is 4.98. The van der Waals surface area contributed by atoms with Crippen LogP contribution in [-0.4, -0.2) is 24.5 Å². The summed E-state index contributed by atoms with van der Waals surface area (Å²) in [5.41, 5.74) is 4.62. The van der Waals surface area contributed by atoms with E-state index in [1.807, 2.05) is 56.3 Å². The summed E-state index contributed by atoms with van der Waals surface area (Å²) in [7, 11) is 1.67. The predicted molar refractivity (Wildman–Crippen MR) is 100 cm³/mol. The Hall–Kier alpha value is -2.88. The average Bonchev–Trinajstić information content (AvgIpc) is 2.61. The minimum atomic E-state index is -0.0756. The van der Waals surface area contributed by atoms with Gasteiger partial charge in [-0.25, -0.2) is 0 Å². The zero-order valence-corrected chi connectivity index (χ0v) is 14.8. The lowest BCUT2D eigenvalue weighted by atomic mass is 10.1. The molecule has 3 rings (SSSR count). The van der Waals surface area contributed by atoms with Crippen molar-refractivity contribution in [2.45, 2.75) is 20.3 Å². The van der Waals surface area contributed by atoms with Crippen molar-refractivity contribution in [2.24, 2.45) is 0 Å². The molecule has 0 spiro atoms. The van der Waals surface area contributed by atoms with Crippen LogP contribution >= 0.6 is 0 Å². The van der Waals surface area contributed by atoms with E-state index < -0.39 is 0 Å². The van der Waals surface area contributed by atoms with Gasteiger partial charge in [-0.1, -0.05) is 35.9 Å². The highest BCUT2D eigenvalue weighted by atomic mass is 16.5. The highest BCUT2D eigenvalue weighted by molar-refractivity contribution is 6.06. The molecule has 0 saturated carbocycles. The maximum absolute atomic E-state index is 12.7. The fraction of sp³-hybridized carbons (Fsp3) is 0.238. The first-order chi connectivity index (χ1) is 12.1. The summed E-state index contributed by atoms with van der Waals surface area (Å²) < 4.78 is 5.39. The first kappa shape index (κ1) is 17.0. The monoisotopic (exact) mass is 334 g/mol. The van der Waals surface area contributed by atoms with Gasteiger partial charge in [0.2, 0.25) is 0 Å². The molecule has 1 heterocycles. The summed E-state index contributed by atoms with van der Waals surface area (Å²) in [6.45, 7) is 4.50. The highest BCUT2D eigenvalue weighted by Gasteiger charge is 2.12. The Morgan fingerprint density at radius 3 is 2.72 bits per heavy atom. The summed E-state index contributed by atoms with van der Waals surface area (Å²) in [5, 5.41) is 3.89. The van der Waals surface area contributed by atoms with Crippen molar-refractivity contribution in [3.8, 4) is 5.75 Å². The quantitative estimate of drug-likeness (QED) is 0.771. The topological polar surface area (TPSA) is 51.2 Å². The number of nitrogens with one attached hydrogen (secondary N) is 1. The van der Waals surface area contributed by atoms with Gasteiger partial charge in [-0.05, 0) is 44.0 Å². The van der Waals surface area contributed by atoms with Crippen LogP contribution in [0.15, 0.2) is 48.5 Å². The van der Waals surface area contributed by atoms with E-state index in [4.69, 9.17) is 4.74 Å². The number of carbonyl (C=O) groups is 1. The fourth-order valence-electron chi connectivity index (χ4n) is 3.00. The highest BCUT2D eigenvalue weighted by Crippen LogP contribution is 2.20. The molecule has 2 aromatic carbocycles. The van der Waals surface area contributed by atoms with Gasteiger partial charge >= 0.3 is 0 Å². The zero-order chi connectivity index (χ0) is 17.8. The SMILES string of the molecule is COc1ccc(C)cc1CCNC(=O)c1cc(C)nc2ccccc12. The van der Waals surface area contributed by atoms with E-state index in [9.17, 15) is 4.79 Å². The molecule has 0 fully saturated rings. The molecule has 3 aromatic rings. The van der Waals surface area contributed by atoms with Gasteiger partial charge in [0.1, 0.15) is 5.75 Å². The van der Waals surface area contributed by atoms with E-state index in [1.165, 1.54) is 5.56 Å². The third-order valence-corrected chi connectivity index (χ3v) is 4.20. The molecule has 1 N–H and O–H groups in total. The van der Waals surface area contributed by atoms with E-state index in [0.29, 0.717) is 12.1 Å². The van der Waals surface area contributed by atoms with Crippen LogP contribution in [0.2, 0.25) is 0 Å². The molecule has 0 saturated heterocycles. The zero-order valence-electron chi connectivity index (χ0n) is 14.8. The average molecular weight is 334 g/mol. The van der Waals surface area contributed by atoms with Crippen LogP contribution in [0.5, 0.6) is 5.75 Å². The number of nitrogens with zero attached hydrogens (tertiary/aromatic N) is 1. The third-order valence-electron chi connectivity index (χ3n) is 4.20. The lowest BCUT2D eigenvalue weighted by Gasteiger charge is -2.11. The van der Waals surface area contributed by atoms with Gasteiger partial charge in [0.05, 0.1) is 18.2 Å². The van der Waals surface area contributed by atoms with Crippen LogP contribution in [0.25, 0.3) is 10.9 Å².